The number of nitrogens with zero attached hydrogens (tertiary/aromatic N) is 1. The van der Waals surface area contributed by atoms with Crippen molar-refractivity contribution in [2.24, 2.45) is 0 Å². The second-order valence-electron chi connectivity index (χ2n) is 5.12. The number of aromatic amines is 1. The summed E-state index contributed by atoms with van der Waals surface area (Å²) in [6, 6.07) is 12.6. The SMILES string of the molecule is c1cnc(Nc2ccc3[nH]ccc3c2)c(C2CC2)c1. The summed E-state index contributed by atoms with van der Waals surface area (Å²) in [5.41, 5.74) is 3.60. The van der Waals surface area contributed by atoms with E-state index in [-0.39, 0.29) is 0 Å². The second-order valence-corrected chi connectivity index (χ2v) is 5.12. The average molecular weight is 249 g/mol. The second kappa shape index (κ2) is 4.12. The first-order chi connectivity index (χ1) is 9.40. The summed E-state index contributed by atoms with van der Waals surface area (Å²) in [7, 11) is 0. The van der Waals surface area contributed by atoms with Gasteiger partial charge < -0.3 is 10.3 Å². The van der Waals surface area contributed by atoms with Crippen LogP contribution in [0, 0.1) is 0 Å². The predicted octanol–water partition coefficient (Wildman–Crippen LogP) is 4.18. The molecule has 0 unspecified atom stereocenters. The van der Waals surface area contributed by atoms with Crippen molar-refractivity contribution in [3.05, 3.63) is 54.4 Å². The molecule has 1 aromatic carbocycles. The fourth-order valence-corrected chi connectivity index (χ4v) is 2.51. The normalized spacial score (nSPS) is 14.7. The van der Waals surface area contributed by atoms with Gasteiger partial charge in [0.1, 0.15) is 5.82 Å². The van der Waals surface area contributed by atoms with Gasteiger partial charge >= 0.3 is 0 Å². The number of anilines is 2. The summed E-state index contributed by atoms with van der Waals surface area (Å²) < 4.78 is 0. The van der Waals surface area contributed by atoms with E-state index in [1.165, 1.54) is 23.8 Å². The molecular formula is C16H15N3. The summed E-state index contributed by atoms with van der Waals surface area (Å²) in [5, 5.41) is 4.67. The van der Waals surface area contributed by atoms with Gasteiger partial charge in [0.05, 0.1) is 0 Å². The molecule has 2 heterocycles. The van der Waals surface area contributed by atoms with E-state index in [1.807, 2.05) is 18.5 Å². The van der Waals surface area contributed by atoms with Gasteiger partial charge in [0, 0.05) is 29.0 Å². The molecule has 0 amide bonds. The quantitative estimate of drug-likeness (QED) is 0.731. The zero-order valence-corrected chi connectivity index (χ0v) is 10.6. The van der Waals surface area contributed by atoms with Crippen LogP contribution in [0.4, 0.5) is 11.5 Å². The van der Waals surface area contributed by atoms with E-state index in [0.29, 0.717) is 5.92 Å². The molecule has 1 fully saturated rings. The van der Waals surface area contributed by atoms with Crippen LogP contribution in [0.5, 0.6) is 0 Å². The van der Waals surface area contributed by atoms with Gasteiger partial charge in [-0.25, -0.2) is 4.98 Å². The molecule has 0 aliphatic heterocycles. The lowest BCUT2D eigenvalue weighted by atomic mass is 10.1. The molecule has 2 N–H and O–H groups in total. The van der Waals surface area contributed by atoms with Crippen LogP contribution in [-0.2, 0) is 0 Å². The zero-order valence-electron chi connectivity index (χ0n) is 10.6. The Labute approximate surface area is 111 Å². The van der Waals surface area contributed by atoms with Crippen LogP contribution in [0.1, 0.15) is 24.3 Å². The lowest BCUT2D eigenvalue weighted by Gasteiger charge is -2.10. The van der Waals surface area contributed by atoms with Gasteiger partial charge in [-0.3, -0.25) is 0 Å². The molecule has 0 bridgehead atoms. The number of H-pyrrole nitrogens is 1. The van der Waals surface area contributed by atoms with Gasteiger partial charge in [0.2, 0.25) is 0 Å². The average Bonchev–Trinajstić information content (AvgIpc) is 3.17. The highest BCUT2D eigenvalue weighted by Gasteiger charge is 2.26. The van der Waals surface area contributed by atoms with Crippen molar-refractivity contribution >= 4 is 22.4 Å². The van der Waals surface area contributed by atoms with Gasteiger partial charge in [0.15, 0.2) is 0 Å². The highest BCUT2D eigenvalue weighted by molar-refractivity contribution is 5.84. The third-order valence-corrected chi connectivity index (χ3v) is 3.67. The van der Waals surface area contributed by atoms with Crippen LogP contribution >= 0.6 is 0 Å². The van der Waals surface area contributed by atoms with Crippen molar-refractivity contribution in [2.75, 3.05) is 5.32 Å². The molecule has 19 heavy (non-hydrogen) atoms. The Morgan fingerprint density at radius 1 is 1.16 bits per heavy atom. The Morgan fingerprint density at radius 2 is 2.11 bits per heavy atom. The third-order valence-electron chi connectivity index (χ3n) is 3.67. The highest BCUT2D eigenvalue weighted by atomic mass is 15.0. The third kappa shape index (κ3) is 1.97. The number of benzene rings is 1. The molecule has 3 nitrogen and oxygen atoms in total. The Bertz CT molecular complexity index is 725. The summed E-state index contributed by atoms with van der Waals surface area (Å²) in [4.78, 5) is 7.69. The number of aromatic nitrogens is 2. The number of nitrogens with one attached hydrogen (secondary N) is 2. The molecule has 0 radical (unpaired) electrons. The maximum atomic E-state index is 4.48. The lowest BCUT2D eigenvalue weighted by Crippen LogP contribution is -1.97. The van der Waals surface area contributed by atoms with E-state index in [2.05, 4.69) is 45.6 Å². The van der Waals surface area contributed by atoms with E-state index in [1.54, 1.807) is 0 Å². The Kier molecular flexibility index (Phi) is 2.30. The fraction of sp³-hybridized carbons (Fsp3) is 0.188. The Balaban J connectivity index is 1.70. The Hall–Kier alpha value is -2.29. The first kappa shape index (κ1) is 10.6. The number of hydrogen-bond donors (Lipinski definition) is 2. The Morgan fingerprint density at radius 3 is 3.00 bits per heavy atom. The highest BCUT2D eigenvalue weighted by Crippen LogP contribution is 2.43. The monoisotopic (exact) mass is 249 g/mol. The minimum Gasteiger partial charge on any atom is -0.361 e. The van der Waals surface area contributed by atoms with Crippen LogP contribution in [0.25, 0.3) is 10.9 Å². The molecule has 4 rings (SSSR count). The molecule has 0 spiro atoms. The van der Waals surface area contributed by atoms with Gasteiger partial charge in [-0.15, -0.1) is 0 Å². The maximum Gasteiger partial charge on any atom is 0.133 e. The minimum absolute atomic E-state index is 0.701. The first-order valence-corrected chi connectivity index (χ1v) is 6.69. The van der Waals surface area contributed by atoms with Crippen molar-refractivity contribution in [3.63, 3.8) is 0 Å². The van der Waals surface area contributed by atoms with Crippen molar-refractivity contribution in [1.29, 1.82) is 0 Å². The van der Waals surface area contributed by atoms with Gasteiger partial charge in [0.25, 0.3) is 0 Å². The van der Waals surface area contributed by atoms with Crippen molar-refractivity contribution in [2.45, 2.75) is 18.8 Å². The van der Waals surface area contributed by atoms with Crippen LogP contribution in [0.15, 0.2) is 48.8 Å². The summed E-state index contributed by atoms with van der Waals surface area (Å²) in [6.45, 7) is 0. The molecule has 1 aliphatic rings. The first-order valence-electron chi connectivity index (χ1n) is 6.69. The van der Waals surface area contributed by atoms with E-state index in [9.17, 15) is 0 Å². The van der Waals surface area contributed by atoms with Gasteiger partial charge in [-0.2, -0.15) is 0 Å². The standard InChI is InChI=1S/C16H15N3/c1-2-14(11-3-4-11)16(18-8-1)19-13-5-6-15-12(10-13)7-9-17-15/h1-2,5-11,17H,3-4H2,(H,18,19). The van der Waals surface area contributed by atoms with E-state index >= 15 is 0 Å². The van der Waals surface area contributed by atoms with E-state index < -0.39 is 0 Å². The predicted molar refractivity (Wildman–Crippen MR) is 77.8 cm³/mol. The van der Waals surface area contributed by atoms with Crippen molar-refractivity contribution < 1.29 is 0 Å². The van der Waals surface area contributed by atoms with Crippen molar-refractivity contribution in [1.82, 2.24) is 9.97 Å². The molecule has 2 aromatic heterocycles. The summed E-state index contributed by atoms with van der Waals surface area (Å²) in [5.74, 6) is 1.70. The van der Waals surface area contributed by atoms with Crippen LogP contribution in [0.3, 0.4) is 0 Å². The van der Waals surface area contributed by atoms with Gasteiger partial charge in [-0.05, 0) is 54.7 Å². The molecule has 3 heteroatoms. The molecule has 0 saturated heterocycles. The number of fused-ring (bicyclic) bond motifs is 1. The number of hydrogen-bond acceptors (Lipinski definition) is 2. The lowest BCUT2D eigenvalue weighted by molar-refractivity contribution is 1.10. The number of rotatable bonds is 3. The van der Waals surface area contributed by atoms with Crippen LogP contribution < -0.4 is 5.32 Å². The summed E-state index contributed by atoms with van der Waals surface area (Å²) >= 11 is 0. The largest absolute Gasteiger partial charge is 0.361 e. The topological polar surface area (TPSA) is 40.7 Å². The zero-order chi connectivity index (χ0) is 12.7. The minimum atomic E-state index is 0.701. The van der Waals surface area contributed by atoms with Crippen LogP contribution in [0.2, 0.25) is 0 Å². The van der Waals surface area contributed by atoms with E-state index in [4.69, 9.17) is 0 Å². The van der Waals surface area contributed by atoms with E-state index in [0.717, 1.165) is 17.0 Å². The molecule has 3 aromatic rings. The smallest absolute Gasteiger partial charge is 0.133 e. The molecule has 1 aliphatic carbocycles. The van der Waals surface area contributed by atoms with Crippen LogP contribution in [-0.4, -0.2) is 9.97 Å². The van der Waals surface area contributed by atoms with Crippen molar-refractivity contribution in [3.8, 4) is 0 Å². The molecule has 0 atom stereocenters. The molecule has 1 saturated carbocycles. The molecular weight excluding hydrogens is 234 g/mol. The van der Waals surface area contributed by atoms with Gasteiger partial charge in [-0.1, -0.05) is 6.07 Å². The number of pyridine rings is 1. The molecule has 94 valence electrons. The maximum absolute atomic E-state index is 4.48. The fourth-order valence-electron chi connectivity index (χ4n) is 2.51. The summed E-state index contributed by atoms with van der Waals surface area (Å²) in [6.07, 6.45) is 6.39.